The predicted octanol–water partition coefficient (Wildman–Crippen LogP) is 2.58. The van der Waals surface area contributed by atoms with Crippen molar-refractivity contribution < 1.29 is 31.5 Å². The second-order valence-corrected chi connectivity index (χ2v) is 4.67. The van der Waals surface area contributed by atoms with Gasteiger partial charge in [-0.2, -0.15) is 0 Å². The van der Waals surface area contributed by atoms with E-state index in [2.05, 4.69) is 4.74 Å². The predicted molar refractivity (Wildman–Crippen MR) is 59.0 cm³/mol. The average Bonchev–Trinajstić information content (AvgIpc) is 2.41. The fraction of sp³-hybridized carbons (Fsp3) is 0.417. The smallest absolute Gasteiger partial charge is 0.313 e. The molecule has 0 amide bonds. The van der Waals surface area contributed by atoms with Crippen LogP contribution < -0.4 is 5.73 Å². The number of ether oxygens (including phenoxy) is 1. The third-order valence-corrected chi connectivity index (χ3v) is 3.04. The van der Waals surface area contributed by atoms with Crippen molar-refractivity contribution in [2.24, 2.45) is 11.1 Å². The summed E-state index contributed by atoms with van der Waals surface area (Å²) in [5.41, 5.74) is 2.56. The molecule has 0 heterocycles. The summed E-state index contributed by atoms with van der Waals surface area (Å²) in [7, 11) is 1.01. The highest BCUT2D eigenvalue weighted by atomic mass is 19.2. The lowest BCUT2D eigenvalue weighted by Crippen LogP contribution is -2.39. The molecule has 0 spiro atoms. The number of nitrogens with two attached hydrogens (primary N) is 1. The number of methoxy groups -OCH3 is 1. The lowest BCUT2D eigenvalue weighted by atomic mass is 9.80. The molecule has 0 aliphatic heterocycles. The zero-order valence-corrected chi connectivity index (χ0v) is 10.9. The Labute approximate surface area is 111 Å². The molecule has 1 atom stereocenters. The Hall–Kier alpha value is -1.70. The average molecular weight is 297 g/mol. The van der Waals surface area contributed by atoms with Crippen molar-refractivity contribution in [1.82, 2.24) is 0 Å². The number of halogens is 5. The molecule has 0 radical (unpaired) electrons. The van der Waals surface area contributed by atoms with Gasteiger partial charge in [0.15, 0.2) is 23.3 Å². The van der Waals surface area contributed by atoms with E-state index >= 15 is 0 Å². The minimum Gasteiger partial charge on any atom is -0.469 e. The maximum Gasteiger partial charge on any atom is 0.313 e. The highest BCUT2D eigenvalue weighted by Gasteiger charge is 2.41. The molecule has 20 heavy (non-hydrogen) atoms. The molecular weight excluding hydrogens is 285 g/mol. The molecular formula is C12H12F5NO2. The lowest BCUT2D eigenvalue weighted by Gasteiger charge is -2.29. The van der Waals surface area contributed by atoms with Crippen molar-refractivity contribution in [3.05, 3.63) is 34.6 Å². The number of hydrogen-bond acceptors (Lipinski definition) is 3. The van der Waals surface area contributed by atoms with E-state index in [-0.39, 0.29) is 0 Å². The van der Waals surface area contributed by atoms with Crippen LogP contribution in [0, 0.1) is 34.5 Å². The number of rotatable bonds is 3. The fourth-order valence-electron chi connectivity index (χ4n) is 1.65. The Morgan fingerprint density at radius 1 is 1.00 bits per heavy atom. The molecule has 3 nitrogen and oxygen atoms in total. The topological polar surface area (TPSA) is 52.3 Å². The van der Waals surface area contributed by atoms with E-state index in [1.54, 1.807) is 0 Å². The summed E-state index contributed by atoms with van der Waals surface area (Å²) in [6, 6.07) is -1.78. The van der Waals surface area contributed by atoms with Crippen LogP contribution in [0.5, 0.6) is 0 Å². The summed E-state index contributed by atoms with van der Waals surface area (Å²) in [4.78, 5) is 11.5. The zero-order chi connectivity index (χ0) is 15.8. The lowest BCUT2D eigenvalue weighted by molar-refractivity contribution is -0.152. The van der Waals surface area contributed by atoms with Gasteiger partial charge in [-0.05, 0) is 13.8 Å². The summed E-state index contributed by atoms with van der Waals surface area (Å²) in [5.74, 6) is -11.6. The van der Waals surface area contributed by atoms with E-state index in [0.717, 1.165) is 7.11 Å². The molecule has 0 fully saturated rings. The molecule has 1 aromatic carbocycles. The highest BCUT2D eigenvalue weighted by Crippen LogP contribution is 2.37. The van der Waals surface area contributed by atoms with Gasteiger partial charge in [0.05, 0.1) is 18.6 Å². The Morgan fingerprint density at radius 2 is 1.35 bits per heavy atom. The van der Waals surface area contributed by atoms with Crippen LogP contribution in [0.2, 0.25) is 0 Å². The molecule has 0 saturated carbocycles. The van der Waals surface area contributed by atoms with E-state index in [9.17, 15) is 26.7 Å². The molecule has 112 valence electrons. The summed E-state index contributed by atoms with van der Waals surface area (Å²) in [5, 5.41) is 0. The van der Waals surface area contributed by atoms with Crippen molar-refractivity contribution >= 4 is 5.97 Å². The second kappa shape index (κ2) is 5.35. The van der Waals surface area contributed by atoms with Gasteiger partial charge in [0.25, 0.3) is 0 Å². The van der Waals surface area contributed by atoms with Crippen LogP contribution in [-0.2, 0) is 9.53 Å². The molecule has 0 bridgehead atoms. The van der Waals surface area contributed by atoms with Crippen LogP contribution in [-0.4, -0.2) is 13.1 Å². The van der Waals surface area contributed by atoms with Crippen LogP contribution in [0.1, 0.15) is 25.5 Å². The summed E-state index contributed by atoms with van der Waals surface area (Å²) in [6.07, 6.45) is 0. The molecule has 0 aliphatic rings. The molecule has 0 aromatic heterocycles. The SMILES string of the molecule is COC(=O)C(C)(C)[C@@H](N)c1c(F)c(F)c(F)c(F)c1F. The third kappa shape index (κ3) is 2.35. The Morgan fingerprint density at radius 3 is 1.70 bits per heavy atom. The van der Waals surface area contributed by atoms with E-state index in [1.165, 1.54) is 13.8 Å². The Kier molecular flexibility index (Phi) is 4.38. The quantitative estimate of drug-likeness (QED) is 0.404. The maximum absolute atomic E-state index is 13.6. The van der Waals surface area contributed by atoms with Gasteiger partial charge in [0.1, 0.15) is 0 Å². The van der Waals surface area contributed by atoms with Crippen molar-refractivity contribution in [2.75, 3.05) is 7.11 Å². The molecule has 2 N–H and O–H groups in total. The van der Waals surface area contributed by atoms with Crippen LogP contribution in [0.4, 0.5) is 22.0 Å². The van der Waals surface area contributed by atoms with Gasteiger partial charge in [0, 0.05) is 5.56 Å². The first kappa shape index (κ1) is 16.4. The van der Waals surface area contributed by atoms with E-state index in [0.29, 0.717) is 0 Å². The molecule has 1 aromatic rings. The van der Waals surface area contributed by atoms with Gasteiger partial charge in [0.2, 0.25) is 5.82 Å². The van der Waals surface area contributed by atoms with Crippen LogP contribution >= 0.6 is 0 Å². The highest BCUT2D eigenvalue weighted by molar-refractivity contribution is 5.77. The van der Waals surface area contributed by atoms with Crippen molar-refractivity contribution in [1.29, 1.82) is 0 Å². The second-order valence-electron chi connectivity index (χ2n) is 4.67. The zero-order valence-electron chi connectivity index (χ0n) is 10.9. The van der Waals surface area contributed by atoms with Crippen molar-refractivity contribution in [2.45, 2.75) is 19.9 Å². The minimum atomic E-state index is -2.29. The van der Waals surface area contributed by atoms with Gasteiger partial charge in [-0.1, -0.05) is 0 Å². The molecule has 0 unspecified atom stereocenters. The molecule has 8 heteroatoms. The molecule has 0 saturated heterocycles. The van der Waals surface area contributed by atoms with Crippen molar-refractivity contribution in [3.8, 4) is 0 Å². The normalized spacial score (nSPS) is 13.2. The van der Waals surface area contributed by atoms with E-state index < -0.39 is 52.1 Å². The Balaban J connectivity index is 3.52. The standard InChI is InChI=1S/C12H12F5NO2/c1-12(2,11(19)20-3)10(18)4-5(13)7(15)9(17)8(16)6(4)14/h10H,18H2,1-3H3/t10-/m0/s1. The largest absolute Gasteiger partial charge is 0.469 e. The Bertz CT molecular complexity index is 530. The summed E-state index contributed by atoms with van der Waals surface area (Å²) < 4.78 is 70.7. The van der Waals surface area contributed by atoms with Gasteiger partial charge in [-0.15, -0.1) is 0 Å². The van der Waals surface area contributed by atoms with E-state index in [1.807, 2.05) is 0 Å². The number of hydrogen-bond donors (Lipinski definition) is 1. The van der Waals surface area contributed by atoms with Gasteiger partial charge >= 0.3 is 5.97 Å². The summed E-state index contributed by atoms with van der Waals surface area (Å²) >= 11 is 0. The van der Waals surface area contributed by atoms with Crippen LogP contribution in [0.3, 0.4) is 0 Å². The molecule has 1 rings (SSSR count). The van der Waals surface area contributed by atoms with E-state index in [4.69, 9.17) is 5.73 Å². The van der Waals surface area contributed by atoms with Gasteiger partial charge < -0.3 is 10.5 Å². The van der Waals surface area contributed by atoms with Crippen LogP contribution in [0.15, 0.2) is 0 Å². The maximum atomic E-state index is 13.6. The number of benzene rings is 1. The molecule has 0 aliphatic carbocycles. The van der Waals surface area contributed by atoms with Crippen LogP contribution in [0.25, 0.3) is 0 Å². The first-order valence-electron chi connectivity index (χ1n) is 5.42. The van der Waals surface area contributed by atoms with Crippen molar-refractivity contribution in [3.63, 3.8) is 0 Å². The fourth-order valence-corrected chi connectivity index (χ4v) is 1.65. The number of esters is 1. The monoisotopic (exact) mass is 297 g/mol. The van der Waals surface area contributed by atoms with Gasteiger partial charge in [-0.3, -0.25) is 4.79 Å². The third-order valence-electron chi connectivity index (χ3n) is 3.04. The number of carbonyl (C=O) groups excluding carboxylic acids is 1. The summed E-state index contributed by atoms with van der Waals surface area (Å²) in [6.45, 7) is 2.34. The number of carbonyl (C=O) groups is 1. The minimum absolute atomic E-state index is 0.950. The first-order valence-corrected chi connectivity index (χ1v) is 5.42. The van der Waals surface area contributed by atoms with Gasteiger partial charge in [-0.25, -0.2) is 22.0 Å². The first-order chi connectivity index (χ1) is 9.07.